The van der Waals surface area contributed by atoms with Crippen molar-refractivity contribution in [3.05, 3.63) is 48.2 Å². The summed E-state index contributed by atoms with van der Waals surface area (Å²) >= 11 is -2.50. The van der Waals surface area contributed by atoms with Gasteiger partial charge in [-0.1, -0.05) is 0 Å². The van der Waals surface area contributed by atoms with Crippen LogP contribution in [-0.4, -0.2) is 26.8 Å². The Balaban J connectivity index is 2.37. The zero-order valence-corrected chi connectivity index (χ0v) is 16.9. The summed E-state index contributed by atoms with van der Waals surface area (Å²) in [5.41, 5.74) is 1.42. The van der Waals surface area contributed by atoms with Crippen LogP contribution in [-0.2, 0) is 8.50 Å². The van der Waals surface area contributed by atoms with E-state index < -0.39 is 13.6 Å². The molecule has 0 amide bonds. The molecule has 2 rings (SSSR count). The first-order valence-electron chi connectivity index (χ1n) is 9.29. The molecule has 0 fully saturated rings. The fourth-order valence-corrected chi connectivity index (χ4v) is 14.0. The van der Waals surface area contributed by atoms with Gasteiger partial charge in [-0.25, -0.2) is 0 Å². The molecule has 1 aromatic carbocycles. The Labute approximate surface area is 145 Å². The molecule has 1 atom stereocenters. The third kappa shape index (κ3) is 5.39. The number of hydrogen-bond donors (Lipinski definition) is 0. The second-order valence-corrected chi connectivity index (χ2v) is 15.0. The van der Waals surface area contributed by atoms with Crippen molar-refractivity contribution in [3.8, 4) is 0 Å². The minimum absolute atomic E-state index is 0.451. The van der Waals surface area contributed by atoms with Crippen molar-refractivity contribution in [3.63, 3.8) is 0 Å². The predicted octanol–water partition coefficient (Wildman–Crippen LogP) is 5.81. The van der Waals surface area contributed by atoms with Crippen LogP contribution in [0.3, 0.4) is 0 Å². The Hall–Kier alpha value is -0.737. The fourth-order valence-electron chi connectivity index (χ4n) is 3.49. The van der Waals surface area contributed by atoms with E-state index in [0.29, 0.717) is 4.75 Å². The van der Waals surface area contributed by atoms with Gasteiger partial charge in [0.05, 0.1) is 0 Å². The van der Waals surface area contributed by atoms with E-state index in [4.69, 9.17) is 8.50 Å². The molecule has 0 aromatic heterocycles. The monoisotopic (exact) mass is 378 g/mol. The molecule has 0 N–H and O–H groups in total. The van der Waals surface area contributed by atoms with Crippen LogP contribution in [0.5, 0.6) is 0 Å². The number of ether oxygens (including phenoxy) is 1. The van der Waals surface area contributed by atoms with Gasteiger partial charge in [0.15, 0.2) is 0 Å². The summed E-state index contributed by atoms with van der Waals surface area (Å²) in [7, 11) is 0. The van der Waals surface area contributed by atoms with E-state index in [2.05, 4.69) is 50.3 Å². The summed E-state index contributed by atoms with van der Waals surface area (Å²) in [5, 5.41) is 2.61. The van der Waals surface area contributed by atoms with Gasteiger partial charge in [0.2, 0.25) is 0 Å². The summed E-state index contributed by atoms with van der Waals surface area (Å²) in [6.07, 6.45) is 10.4. The van der Waals surface area contributed by atoms with E-state index in [0.717, 1.165) is 19.6 Å². The van der Waals surface area contributed by atoms with Gasteiger partial charge in [0.1, 0.15) is 0 Å². The van der Waals surface area contributed by atoms with Gasteiger partial charge in [-0.15, -0.1) is 0 Å². The number of rotatable bonds is 7. The van der Waals surface area contributed by atoms with Crippen LogP contribution >= 0.6 is 0 Å². The number of allylic oxidation sites excluding steroid dienone is 1. The maximum absolute atomic E-state index is 6.78. The number of unbranched alkanes of at least 4 members (excludes halogenated alkanes) is 2. The van der Waals surface area contributed by atoms with Gasteiger partial charge in [-0.3, -0.25) is 0 Å². The molecular weight excluding hydrogens is 345 g/mol. The van der Waals surface area contributed by atoms with E-state index in [1.807, 2.05) is 6.26 Å². The maximum atomic E-state index is 6.78. The van der Waals surface area contributed by atoms with Crippen molar-refractivity contribution in [1.82, 2.24) is 0 Å². The molecule has 1 aliphatic heterocycles. The average molecular weight is 377 g/mol. The summed E-state index contributed by atoms with van der Waals surface area (Å²) < 4.78 is 12.9. The molecule has 3 heteroatoms. The standard InChI is InChI=1S/C20H32GeO2/c1-3-5-14-21(15-6-4-2)20(19-11-8-7-9-12-19)13-18-22-16-10-17-23-21/h7-9,11-13,18,20H,3-6,10,14-17H2,1-2H3/b18-13-. The van der Waals surface area contributed by atoms with Gasteiger partial charge >= 0.3 is 145 Å². The number of benzene rings is 1. The SMILES string of the molecule is CCC[CH2][Ge]1([CH2]CCC)[O]CCCO/C=C\[CH]1c1ccccc1. The van der Waals surface area contributed by atoms with Crippen LogP contribution in [0.15, 0.2) is 42.7 Å². The summed E-state index contributed by atoms with van der Waals surface area (Å²) in [4.78, 5) is 0. The van der Waals surface area contributed by atoms with E-state index in [1.54, 1.807) is 0 Å². The first-order valence-corrected chi connectivity index (χ1v) is 14.3. The van der Waals surface area contributed by atoms with Crippen LogP contribution in [0.4, 0.5) is 0 Å². The first-order chi connectivity index (χ1) is 11.3. The summed E-state index contributed by atoms with van der Waals surface area (Å²) in [6.45, 7) is 6.24. The van der Waals surface area contributed by atoms with Crippen LogP contribution in [0.25, 0.3) is 0 Å². The molecule has 1 heterocycles. The Morgan fingerprint density at radius 1 is 1.00 bits per heavy atom. The first kappa shape index (κ1) is 18.6. The molecule has 23 heavy (non-hydrogen) atoms. The summed E-state index contributed by atoms with van der Waals surface area (Å²) in [5.74, 6) is 0. The topological polar surface area (TPSA) is 18.5 Å². The van der Waals surface area contributed by atoms with Crippen molar-refractivity contribution in [1.29, 1.82) is 0 Å². The number of hydrogen-bond acceptors (Lipinski definition) is 2. The Morgan fingerprint density at radius 3 is 2.35 bits per heavy atom. The van der Waals surface area contributed by atoms with Gasteiger partial charge in [0.25, 0.3) is 0 Å². The third-order valence-electron chi connectivity index (χ3n) is 4.80. The molecule has 1 aliphatic rings. The van der Waals surface area contributed by atoms with E-state index in [1.165, 1.54) is 41.8 Å². The quantitative estimate of drug-likeness (QED) is 0.559. The Morgan fingerprint density at radius 2 is 1.70 bits per heavy atom. The summed E-state index contributed by atoms with van der Waals surface area (Å²) in [6, 6.07) is 11.0. The van der Waals surface area contributed by atoms with Gasteiger partial charge < -0.3 is 0 Å². The molecule has 128 valence electrons. The molecule has 1 aromatic rings. The van der Waals surface area contributed by atoms with Crippen LogP contribution in [0.2, 0.25) is 10.5 Å². The fraction of sp³-hybridized carbons (Fsp3) is 0.600. The second-order valence-electron chi connectivity index (χ2n) is 6.56. The Bertz CT molecular complexity index is 450. The van der Waals surface area contributed by atoms with Crippen LogP contribution in [0.1, 0.15) is 56.3 Å². The predicted molar refractivity (Wildman–Crippen MR) is 100 cm³/mol. The van der Waals surface area contributed by atoms with Crippen molar-refractivity contribution in [2.75, 3.05) is 13.2 Å². The average Bonchev–Trinajstić information content (AvgIpc) is 2.70. The normalized spacial score (nSPS) is 22.4. The van der Waals surface area contributed by atoms with Crippen molar-refractivity contribution < 1.29 is 8.50 Å². The van der Waals surface area contributed by atoms with Crippen molar-refractivity contribution >= 4 is 13.6 Å². The third-order valence-corrected chi connectivity index (χ3v) is 14.9. The molecular formula is C20H32GeO2. The molecule has 1 unspecified atom stereocenters. The zero-order valence-electron chi connectivity index (χ0n) is 14.8. The molecule has 0 saturated heterocycles. The molecule has 0 saturated carbocycles. The molecule has 2 nitrogen and oxygen atoms in total. The van der Waals surface area contributed by atoms with Crippen molar-refractivity contribution in [2.24, 2.45) is 0 Å². The van der Waals surface area contributed by atoms with Crippen molar-refractivity contribution in [2.45, 2.75) is 61.2 Å². The molecule has 0 spiro atoms. The van der Waals surface area contributed by atoms with Gasteiger partial charge in [-0.05, 0) is 0 Å². The van der Waals surface area contributed by atoms with Gasteiger partial charge in [0, 0.05) is 0 Å². The van der Waals surface area contributed by atoms with Gasteiger partial charge in [-0.2, -0.15) is 0 Å². The second kappa shape index (κ2) is 10.2. The molecule has 0 bridgehead atoms. The van der Waals surface area contributed by atoms with E-state index in [-0.39, 0.29) is 0 Å². The zero-order chi connectivity index (χ0) is 16.4. The van der Waals surface area contributed by atoms with Crippen LogP contribution < -0.4 is 0 Å². The van der Waals surface area contributed by atoms with E-state index >= 15 is 0 Å². The molecule has 0 aliphatic carbocycles. The van der Waals surface area contributed by atoms with E-state index in [9.17, 15) is 0 Å². The van der Waals surface area contributed by atoms with Crippen LogP contribution in [0, 0.1) is 0 Å². The Kier molecular flexibility index (Phi) is 8.24. The minimum atomic E-state index is -2.50. The molecule has 0 radical (unpaired) electrons.